The van der Waals surface area contributed by atoms with Crippen molar-refractivity contribution in [3.05, 3.63) is 34.1 Å². The number of nitrogens with zero attached hydrogens (tertiary/aromatic N) is 1. The van der Waals surface area contributed by atoms with Crippen molar-refractivity contribution in [2.75, 3.05) is 6.61 Å². The highest BCUT2D eigenvalue weighted by Gasteiger charge is 2.20. The summed E-state index contributed by atoms with van der Waals surface area (Å²) in [7, 11) is 0. The summed E-state index contributed by atoms with van der Waals surface area (Å²) in [4.78, 5) is 31.2. The average molecular weight is 286 g/mol. The van der Waals surface area contributed by atoms with Crippen molar-refractivity contribution < 1.29 is 28.7 Å². The van der Waals surface area contributed by atoms with Gasteiger partial charge in [-0.05, 0) is 6.07 Å². The van der Waals surface area contributed by atoms with Crippen LogP contribution >= 0.6 is 0 Å². The summed E-state index contributed by atoms with van der Waals surface area (Å²) in [5, 5.41) is 21.3. The second kappa shape index (κ2) is 6.45. The van der Waals surface area contributed by atoms with Gasteiger partial charge in [0.2, 0.25) is 5.91 Å². The predicted octanol–water partition coefficient (Wildman–Crippen LogP) is 0.702. The van der Waals surface area contributed by atoms with E-state index in [9.17, 15) is 24.1 Å². The number of amides is 1. The second-order valence-electron chi connectivity index (χ2n) is 3.77. The second-order valence-corrected chi connectivity index (χ2v) is 3.77. The fourth-order valence-electron chi connectivity index (χ4n) is 1.31. The van der Waals surface area contributed by atoms with Crippen LogP contribution in [0, 0.1) is 15.9 Å². The van der Waals surface area contributed by atoms with E-state index in [0.29, 0.717) is 6.07 Å². The van der Waals surface area contributed by atoms with Gasteiger partial charge < -0.3 is 15.2 Å². The van der Waals surface area contributed by atoms with Gasteiger partial charge in [-0.1, -0.05) is 0 Å². The Morgan fingerprint density at radius 2 is 2.20 bits per heavy atom. The molecule has 0 aliphatic heterocycles. The van der Waals surface area contributed by atoms with E-state index < -0.39 is 41.0 Å². The molecular weight excluding hydrogens is 275 g/mol. The Balaban J connectivity index is 2.75. The number of ether oxygens (including phenoxy) is 1. The molecule has 0 aliphatic carbocycles. The van der Waals surface area contributed by atoms with E-state index in [4.69, 9.17) is 9.84 Å². The summed E-state index contributed by atoms with van der Waals surface area (Å²) >= 11 is 0. The molecule has 0 spiro atoms. The molecule has 0 bridgehead atoms. The van der Waals surface area contributed by atoms with Crippen LogP contribution in [0.4, 0.5) is 10.1 Å². The average Bonchev–Trinajstić information content (AvgIpc) is 2.34. The number of carboxylic acid groups (broad SMARTS) is 1. The molecule has 9 heteroatoms. The zero-order valence-corrected chi connectivity index (χ0v) is 10.3. The van der Waals surface area contributed by atoms with Crippen molar-refractivity contribution in [2.24, 2.45) is 0 Å². The van der Waals surface area contributed by atoms with E-state index in [0.717, 1.165) is 19.1 Å². The molecule has 1 aromatic rings. The summed E-state index contributed by atoms with van der Waals surface area (Å²) in [6, 6.07) is 1.35. The standard InChI is InChI=1S/C11H11FN2O6/c1-6(15)13-9(11(16)17)5-20-10-3-2-7(14(18)19)4-8(10)12/h2-4,9H,5H2,1H3,(H,13,15)(H,16,17). The van der Waals surface area contributed by atoms with Crippen LogP contribution in [0.5, 0.6) is 5.75 Å². The number of aliphatic carboxylic acids is 1. The van der Waals surface area contributed by atoms with Gasteiger partial charge in [-0.3, -0.25) is 14.9 Å². The van der Waals surface area contributed by atoms with Crippen molar-refractivity contribution in [3.63, 3.8) is 0 Å². The molecule has 20 heavy (non-hydrogen) atoms. The minimum atomic E-state index is -1.35. The van der Waals surface area contributed by atoms with Crippen molar-refractivity contribution in [1.29, 1.82) is 0 Å². The third-order valence-electron chi connectivity index (χ3n) is 2.21. The van der Waals surface area contributed by atoms with E-state index in [-0.39, 0.29) is 5.75 Å². The minimum Gasteiger partial charge on any atom is -0.488 e. The highest BCUT2D eigenvalue weighted by molar-refractivity contribution is 5.82. The van der Waals surface area contributed by atoms with E-state index in [1.165, 1.54) is 0 Å². The van der Waals surface area contributed by atoms with Gasteiger partial charge in [0.15, 0.2) is 17.6 Å². The van der Waals surface area contributed by atoms with Gasteiger partial charge in [0.25, 0.3) is 5.69 Å². The Labute approximate surface area is 112 Å². The molecule has 1 amide bonds. The van der Waals surface area contributed by atoms with Crippen LogP contribution in [0.3, 0.4) is 0 Å². The van der Waals surface area contributed by atoms with Crippen molar-refractivity contribution >= 4 is 17.6 Å². The van der Waals surface area contributed by atoms with Crippen LogP contribution in [0.2, 0.25) is 0 Å². The topological polar surface area (TPSA) is 119 Å². The van der Waals surface area contributed by atoms with Gasteiger partial charge in [-0.15, -0.1) is 0 Å². The fourth-order valence-corrected chi connectivity index (χ4v) is 1.31. The highest BCUT2D eigenvalue weighted by Crippen LogP contribution is 2.22. The zero-order valence-electron chi connectivity index (χ0n) is 10.3. The Morgan fingerprint density at radius 3 is 2.65 bits per heavy atom. The number of nitrogens with one attached hydrogen (secondary N) is 1. The van der Waals surface area contributed by atoms with Gasteiger partial charge in [-0.2, -0.15) is 0 Å². The number of carbonyl (C=O) groups excluding carboxylic acids is 1. The molecule has 2 N–H and O–H groups in total. The molecule has 0 aliphatic rings. The first-order valence-corrected chi connectivity index (χ1v) is 5.38. The molecule has 0 radical (unpaired) electrons. The predicted molar refractivity (Wildman–Crippen MR) is 63.8 cm³/mol. The smallest absolute Gasteiger partial charge is 0.329 e. The van der Waals surface area contributed by atoms with Crippen LogP contribution < -0.4 is 10.1 Å². The van der Waals surface area contributed by atoms with Gasteiger partial charge in [0.1, 0.15) is 6.61 Å². The number of nitro groups is 1. The van der Waals surface area contributed by atoms with E-state index in [1.54, 1.807) is 0 Å². The number of rotatable bonds is 6. The van der Waals surface area contributed by atoms with Crippen LogP contribution in [0.25, 0.3) is 0 Å². The zero-order chi connectivity index (χ0) is 15.3. The lowest BCUT2D eigenvalue weighted by Gasteiger charge is -2.14. The lowest BCUT2D eigenvalue weighted by atomic mass is 10.3. The molecule has 1 atom stereocenters. The Hall–Kier alpha value is -2.71. The quantitative estimate of drug-likeness (QED) is 0.587. The number of carbonyl (C=O) groups is 2. The maximum atomic E-state index is 13.5. The van der Waals surface area contributed by atoms with Crippen molar-refractivity contribution in [2.45, 2.75) is 13.0 Å². The van der Waals surface area contributed by atoms with Crippen molar-refractivity contribution in [1.82, 2.24) is 5.32 Å². The SMILES string of the molecule is CC(=O)NC(COc1ccc([N+](=O)[O-])cc1F)C(=O)O. The third-order valence-corrected chi connectivity index (χ3v) is 2.21. The van der Waals surface area contributed by atoms with Crippen LogP contribution in [0.1, 0.15) is 6.92 Å². The van der Waals surface area contributed by atoms with E-state index in [1.807, 2.05) is 0 Å². The molecule has 8 nitrogen and oxygen atoms in total. The number of nitro benzene ring substituents is 1. The van der Waals surface area contributed by atoms with E-state index >= 15 is 0 Å². The molecule has 1 unspecified atom stereocenters. The van der Waals surface area contributed by atoms with Gasteiger partial charge >= 0.3 is 5.97 Å². The van der Waals surface area contributed by atoms with E-state index in [2.05, 4.69) is 5.32 Å². The lowest BCUT2D eigenvalue weighted by Crippen LogP contribution is -2.43. The molecule has 0 fully saturated rings. The normalized spacial score (nSPS) is 11.5. The van der Waals surface area contributed by atoms with Gasteiger partial charge in [0, 0.05) is 13.0 Å². The number of non-ortho nitro benzene ring substituents is 1. The number of carboxylic acids is 1. The van der Waals surface area contributed by atoms with Crippen LogP contribution in [0.15, 0.2) is 18.2 Å². The highest BCUT2D eigenvalue weighted by atomic mass is 19.1. The molecule has 1 rings (SSSR count). The molecule has 0 saturated carbocycles. The van der Waals surface area contributed by atoms with Gasteiger partial charge in [0.05, 0.1) is 11.0 Å². The molecule has 1 aromatic carbocycles. The van der Waals surface area contributed by atoms with Crippen molar-refractivity contribution in [3.8, 4) is 5.75 Å². The monoisotopic (exact) mass is 286 g/mol. The first kappa shape index (κ1) is 15.3. The summed E-state index contributed by atoms with van der Waals surface area (Å²) in [6.45, 7) is 0.617. The minimum absolute atomic E-state index is 0.341. The summed E-state index contributed by atoms with van der Waals surface area (Å²) in [5.41, 5.74) is -0.452. The molecule has 0 aromatic heterocycles. The van der Waals surface area contributed by atoms with Crippen LogP contribution in [-0.4, -0.2) is 34.6 Å². The Kier molecular flexibility index (Phi) is 4.95. The lowest BCUT2D eigenvalue weighted by molar-refractivity contribution is -0.385. The Morgan fingerprint density at radius 1 is 1.55 bits per heavy atom. The number of halogens is 1. The third kappa shape index (κ3) is 4.19. The summed E-state index contributed by atoms with van der Waals surface area (Å²) < 4.78 is 18.4. The molecular formula is C11H11FN2O6. The maximum Gasteiger partial charge on any atom is 0.329 e. The molecule has 0 saturated heterocycles. The molecule has 108 valence electrons. The number of hydrogen-bond donors (Lipinski definition) is 2. The first-order valence-electron chi connectivity index (χ1n) is 5.38. The first-order chi connectivity index (χ1) is 9.31. The maximum absolute atomic E-state index is 13.5. The number of hydrogen-bond acceptors (Lipinski definition) is 5. The summed E-state index contributed by atoms with van der Waals surface area (Å²) in [5.74, 6) is -3.26. The van der Waals surface area contributed by atoms with Crippen LogP contribution in [-0.2, 0) is 9.59 Å². The number of benzene rings is 1. The fraction of sp³-hybridized carbons (Fsp3) is 0.273. The largest absolute Gasteiger partial charge is 0.488 e. The Bertz CT molecular complexity index is 548. The van der Waals surface area contributed by atoms with Gasteiger partial charge in [-0.25, -0.2) is 9.18 Å². The molecule has 0 heterocycles. The summed E-state index contributed by atoms with van der Waals surface area (Å²) in [6.07, 6.45) is 0.